The predicted molar refractivity (Wildman–Crippen MR) is 83.3 cm³/mol. The highest BCUT2D eigenvalue weighted by Crippen LogP contribution is 2.43. The van der Waals surface area contributed by atoms with Crippen molar-refractivity contribution in [2.45, 2.75) is 13.8 Å². The fraction of sp³-hybridized carbons (Fsp3) is 0.500. The molecule has 2 N–H and O–H groups in total. The Morgan fingerprint density at radius 2 is 2.00 bits per heavy atom. The number of urea groups is 1. The maximum atomic E-state index is 11.9. The number of amides is 2. The van der Waals surface area contributed by atoms with E-state index in [0.717, 1.165) is 0 Å². The molecule has 1 heterocycles. The van der Waals surface area contributed by atoms with Crippen molar-refractivity contribution < 1.29 is 18.6 Å². The Morgan fingerprint density at radius 3 is 2.52 bits per heavy atom. The molecule has 0 saturated carbocycles. The maximum absolute atomic E-state index is 11.9. The Balaban J connectivity index is 2.76. The Bertz CT molecular complexity index is 538. The predicted octanol–water partition coefficient (Wildman–Crippen LogP) is 2.56. The van der Waals surface area contributed by atoms with E-state index in [-0.39, 0.29) is 17.0 Å². The third-order valence-electron chi connectivity index (χ3n) is 1.94. The van der Waals surface area contributed by atoms with Crippen molar-refractivity contribution >= 4 is 42.0 Å². The molecule has 0 bridgehead atoms. The van der Waals surface area contributed by atoms with E-state index in [0.29, 0.717) is 13.2 Å². The van der Waals surface area contributed by atoms with Gasteiger partial charge in [0, 0.05) is 6.07 Å². The third kappa shape index (κ3) is 6.11. The fourth-order valence-corrected chi connectivity index (χ4v) is 3.50. The van der Waals surface area contributed by atoms with Crippen LogP contribution in [0.25, 0.3) is 0 Å². The number of anilines is 1. The van der Waals surface area contributed by atoms with E-state index in [4.69, 9.17) is 37.2 Å². The van der Waals surface area contributed by atoms with Crippen LogP contribution in [0, 0.1) is 0 Å². The van der Waals surface area contributed by atoms with Crippen LogP contribution in [0.15, 0.2) is 6.07 Å². The summed E-state index contributed by atoms with van der Waals surface area (Å²) in [5.41, 5.74) is 0. The zero-order valence-corrected chi connectivity index (χ0v) is 14.2. The minimum absolute atomic E-state index is 0.0219. The minimum Gasteiger partial charge on any atom is -0.481 e. The lowest BCUT2D eigenvalue weighted by Crippen LogP contribution is -2.28. The summed E-state index contributed by atoms with van der Waals surface area (Å²) in [7, 11) is 1.42. The summed E-state index contributed by atoms with van der Waals surface area (Å²) >= 11 is 10.9. The van der Waals surface area contributed by atoms with Crippen LogP contribution < -0.4 is 15.1 Å². The molecule has 0 unspecified atom stereocenters. The Hall–Kier alpha value is -0.990. The smallest absolute Gasteiger partial charge is 0.328 e. The average molecular weight is 355 g/mol. The second-order valence-corrected chi connectivity index (χ2v) is 7.02. The van der Waals surface area contributed by atoms with E-state index >= 15 is 0 Å². The molecule has 118 valence electrons. The molecule has 21 heavy (non-hydrogen) atoms. The van der Waals surface area contributed by atoms with Crippen LogP contribution in [-0.4, -0.2) is 36.3 Å². The SMILES string of the molecule is CCOP(=S)(NC(=O)Nc1nc(Cl)cc(OC)n1)OCC. The van der Waals surface area contributed by atoms with Gasteiger partial charge in [0.25, 0.3) is 6.64 Å². The van der Waals surface area contributed by atoms with E-state index in [1.165, 1.54) is 13.2 Å². The first-order valence-electron chi connectivity index (χ1n) is 5.99. The standard InChI is InChI=1S/C10H16ClN4O4PS/c1-4-18-20(21,19-5-2)15-10(16)14-9-12-7(11)6-8(13-9)17-3/h6H,4-5H2,1-3H3,(H2,12,13,14,15,16,21). The second-order valence-electron chi connectivity index (χ2n) is 3.46. The number of aromatic nitrogens is 2. The van der Waals surface area contributed by atoms with Crippen LogP contribution in [0.2, 0.25) is 5.15 Å². The summed E-state index contributed by atoms with van der Waals surface area (Å²) in [6, 6.07) is 0.764. The number of rotatable bonds is 7. The third-order valence-corrected chi connectivity index (χ3v) is 4.72. The van der Waals surface area contributed by atoms with E-state index < -0.39 is 12.7 Å². The van der Waals surface area contributed by atoms with Crippen molar-refractivity contribution in [2.75, 3.05) is 25.6 Å². The summed E-state index contributed by atoms with van der Waals surface area (Å²) < 4.78 is 15.5. The normalized spacial score (nSPS) is 11.0. The van der Waals surface area contributed by atoms with E-state index in [1.54, 1.807) is 13.8 Å². The number of ether oxygens (including phenoxy) is 1. The highest BCUT2D eigenvalue weighted by molar-refractivity contribution is 8.09. The van der Waals surface area contributed by atoms with Crippen LogP contribution in [-0.2, 0) is 20.9 Å². The van der Waals surface area contributed by atoms with Crippen molar-refractivity contribution in [3.8, 4) is 5.88 Å². The summed E-state index contributed by atoms with van der Waals surface area (Å²) in [6.07, 6.45) is 0. The van der Waals surface area contributed by atoms with Gasteiger partial charge in [0.05, 0.1) is 20.3 Å². The molecular weight excluding hydrogens is 339 g/mol. The monoisotopic (exact) mass is 354 g/mol. The summed E-state index contributed by atoms with van der Waals surface area (Å²) in [4.78, 5) is 19.7. The number of hydrogen-bond donors (Lipinski definition) is 2. The molecule has 0 aliphatic rings. The first-order valence-corrected chi connectivity index (χ1v) is 9.01. The van der Waals surface area contributed by atoms with Crippen molar-refractivity contribution in [3.63, 3.8) is 0 Å². The zero-order chi connectivity index (χ0) is 15.9. The molecule has 1 rings (SSSR count). The number of nitrogens with zero attached hydrogens (tertiary/aromatic N) is 2. The van der Waals surface area contributed by atoms with Crippen LogP contribution in [0.5, 0.6) is 5.88 Å². The van der Waals surface area contributed by atoms with Gasteiger partial charge in [0.2, 0.25) is 11.8 Å². The number of carbonyl (C=O) groups is 1. The first kappa shape index (κ1) is 18.1. The van der Waals surface area contributed by atoms with Crippen LogP contribution in [0.3, 0.4) is 0 Å². The van der Waals surface area contributed by atoms with Gasteiger partial charge in [-0.1, -0.05) is 11.6 Å². The topological polar surface area (TPSA) is 94.6 Å². The molecule has 0 saturated heterocycles. The van der Waals surface area contributed by atoms with Gasteiger partial charge in [-0.05, 0) is 25.7 Å². The Kier molecular flexibility index (Phi) is 7.27. The maximum Gasteiger partial charge on any atom is 0.328 e. The molecule has 0 aliphatic carbocycles. The van der Waals surface area contributed by atoms with E-state index in [2.05, 4.69) is 20.4 Å². The van der Waals surface area contributed by atoms with Gasteiger partial charge in [0.15, 0.2) is 0 Å². The minimum atomic E-state index is -2.89. The number of hydrogen-bond acceptors (Lipinski definition) is 7. The molecule has 0 radical (unpaired) electrons. The Morgan fingerprint density at radius 1 is 1.38 bits per heavy atom. The van der Waals surface area contributed by atoms with Crippen LogP contribution >= 0.6 is 18.2 Å². The summed E-state index contributed by atoms with van der Waals surface area (Å²) in [6.45, 7) is 1.25. The number of halogens is 1. The van der Waals surface area contributed by atoms with Crippen molar-refractivity contribution in [3.05, 3.63) is 11.2 Å². The van der Waals surface area contributed by atoms with E-state index in [1.807, 2.05) is 0 Å². The zero-order valence-electron chi connectivity index (χ0n) is 11.8. The van der Waals surface area contributed by atoms with Crippen molar-refractivity contribution in [1.29, 1.82) is 0 Å². The number of carbonyl (C=O) groups excluding carboxylic acids is 1. The molecule has 11 heteroatoms. The molecule has 0 aromatic carbocycles. The van der Waals surface area contributed by atoms with Crippen LogP contribution in [0.1, 0.15) is 13.8 Å². The lowest BCUT2D eigenvalue weighted by Gasteiger charge is -2.21. The highest BCUT2D eigenvalue weighted by atomic mass is 35.5. The molecular formula is C10H16ClN4O4PS. The fourth-order valence-electron chi connectivity index (χ4n) is 1.25. The van der Waals surface area contributed by atoms with Crippen molar-refractivity contribution in [2.24, 2.45) is 0 Å². The highest BCUT2D eigenvalue weighted by Gasteiger charge is 2.21. The molecule has 1 aromatic rings. The molecule has 8 nitrogen and oxygen atoms in total. The van der Waals surface area contributed by atoms with Gasteiger partial charge in [-0.3, -0.25) is 10.4 Å². The van der Waals surface area contributed by atoms with Crippen molar-refractivity contribution in [1.82, 2.24) is 15.1 Å². The lowest BCUT2D eigenvalue weighted by molar-refractivity contribution is 0.242. The van der Waals surface area contributed by atoms with Gasteiger partial charge < -0.3 is 13.8 Å². The first-order chi connectivity index (χ1) is 9.92. The van der Waals surface area contributed by atoms with Gasteiger partial charge in [-0.2, -0.15) is 4.98 Å². The molecule has 1 aromatic heterocycles. The van der Waals surface area contributed by atoms with Gasteiger partial charge >= 0.3 is 6.03 Å². The molecule has 0 aliphatic heterocycles. The molecule has 2 amide bonds. The quantitative estimate of drug-likeness (QED) is 0.574. The van der Waals surface area contributed by atoms with Gasteiger partial charge in [-0.15, -0.1) is 0 Å². The number of methoxy groups -OCH3 is 1. The number of nitrogens with one attached hydrogen (secondary N) is 2. The lowest BCUT2D eigenvalue weighted by atomic mass is 10.6. The summed E-state index contributed by atoms with van der Waals surface area (Å²) in [5, 5.41) is 4.99. The molecule has 0 spiro atoms. The molecule has 0 fully saturated rings. The molecule has 0 atom stereocenters. The van der Waals surface area contributed by atoms with Crippen LogP contribution in [0.4, 0.5) is 10.7 Å². The van der Waals surface area contributed by atoms with Gasteiger partial charge in [-0.25, -0.2) is 9.78 Å². The summed E-state index contributed by atoms with van der Waals surface area (Å²) in [5.74, 6) is 0.200. The Labute approximate surface area is 132 Å². The second kappa shape index (κ2) is 8.45. The largest absolute Gasteiger partial charge is 0.481 e. The average Bonchev–Trinajstić information content (AvgIpc) is 2.37. The van der Waals surface area contributed by atoms with E-state index in [9.17, 15) is 4.79 Å². The van der Waals surface area contributed by atoms with Gasteiger partial charge in [0.1, 0.15) is 5.15 Å².